The molecule has 0 atom stereocenters. The lowest BCUT2D eigenvalue weighted by molar-refractivity contribution is 0.0738. The van der Waals surface area contributed by atoms with Crippen molar-refractivity contribution in [3.8, 4) is 5.75 Å². The Morgan fingerprint density at radius 2 is 1.85 bits per heavy atom. The van der Waals surface area contributed by atoms with Gasteiger partial charge in [-0.25, -0.2) is 0 Å². The van der Waals surface area contributed by atoms with E-state index in [9.17, 15) is 9.59 Å². The van der Waals surface area contributed by atoms with Crippen LogP contribution >= 0.6 is 0 Å². The molecule has 1 N–H and O–H groups in total. The van der Waals surface area contributed by atoms with Gasteiger partial charge in [-0.05, 0) is 19.4 Å². The Hall–Kier alpha value is -3.28. The summed E-state index contributed by atoms with van der Waals surface area (Å²) in [6.07, 6.45) is 7.18. The summed E-state index contributed by atoms with van der Waals surface area (Å²) in [6.45, 7) is 8.61. The van der Waals surface area contributed by atoms with Crippen molar-refractivity contribution < 1.29 is 9.53 Å². The molecule has 0 radical (unpaired) electrons. The first-order chi connectivity index (χ1) is 13.1. The van der Waals surface area contributed by atoms with Gasteiger partial charge in [-0.1, -0.05) is 48.6 Å². The number of benzene rings is 1. The van der Waals surface area contributed by atoms with Crippen LogP contribution in [0.4, 0.5) is 0 Å². The molecule has 2 aromatic rings. The second-order valence-electron chi connectivity index (χ2n) is 5.80. The topological polar surface area (TPSA) is 63.6 Å². The van der Waals surface area contributed by atoms with Gasteiger partial charge in [0.25, 0.3) is 5.91 Å². The van der Waals surface area contributed by atoms with Crippen LogP contribution in [0, 0.1) is 0 Å². The van der Waals surface area contributed by atoms with Crippen molar-refractivity contribution in [1.29, 1.82) is 0 Å². The molecule has 0 bridgehead atoms. The highest BCUT2D eigenvalue weighted by molar-refractivity contribution is 5.96. The van der Waals surface area contributed by atoms with Gasteiger partial charge >= 0.3 is 0 Å². The summed E-state index contributed by atoms with van der Waals surface area (Å²) in [4.78, 5) is 26.3. The van der Waals surface area contributed by atoms with Gasteiger partial charge in [0, 0.05) is 18.8 Å². The molecule has 0 unspecified atom stereocenters. The number of rotatable bonds is 5. The van der Waals surface area contributed by atoms with Gasteiger partial charge in [0.2, 0.25) is 5.43 Å². The summed E-state index contributed by atoms with van der Waals surface area (Å²) >= 11 is 0. The summed E-state index contributed by atoms with van der Waals surface area (Å²) in [6, 6.07) is 10.9. The molecule has 6 heteroatoms. The first kappa shape index (κ1) is 20.0. The van der Waals surface area contributed by atoms with Crippen LogP contribution in [-0.2, 0) is 6.61 Å². The van der Waals surface area contributed by atoms with Crippen LogP contribution in [0.2, 0.25) is 0 Å². The highest BCUT2D eigenvalue weighted by Crippen LogP contribution is 2.19. The summed E-state index contributed by atoms with van der Waals surface area (Å²) in [5, 5.41) is 0. The molecule has 1 aliphatic rings. The van der Waals surface area contributed by atoms with Crippen molar-refractivity contribution in [2.24, 2.45) is 0 Å². The predicted octanol–water partition coefficient (Wildman–Crippen LogP) is 3.15. The van der Waals surface area contributed by atoms with Gasteiger partial charge in [-0.2, -0.15) is 0 Å². The number of pyridine rings is 1. The number of carbonyl (C=O) groups excluding carboxylic acids is 1. The van der Waals surface area contributed by atoms with Crippen LogP contribution in [-0.4, -0.2) is 28.7 Å². The van der Waals surface area contributed by atoms with Gasteiger partial charge in [0.15, 0.2) is 11.4 Å². The standard InChI is InChI=1S/C17H17N3O3.C4H8/c1-2-9-19-12-18-20-10-8-14(21)16(15(20)17(19)22)23-11-13-6-4-3-5-7-13;1-3-4-2/h2-8,10,18H,1,9,11-12H2;3-4H,1-2H3/b;4-3-. The molecule has 27 heavy (non-hydrogen) atoms. The Morgan fingerprint density at radius 3 is 2.48 bits per heavy atom. The van der Waals surface area contributed by atoms with Crippen LogP contribution in [0.5, 0.6) is 5.75 Å². The van der Waals surface area contributed by atoms with E-state index < -0.39 is 0 Å². The Morgan fingerprint density at radius 1 is 1.15 bits per heavy atom. The first-order valence-electron chi connectivity index (χ1n) is 8.76. The Balaban J connectivity index is 0.000000596. The van der Waals surface area contributed by atoms with Crippen LogP contribution in [0.1, 0.15) is 29.9 Å². The van der Waals surface area contributed by atoms with Gasteiger partial charge in [-0.3, -0.25) is 14.3 Å². The Kier molecular flexibility index (Phi) is 7.43. The molecular formula is C21H25N3O3. The van der Waals surface area contributed by atoms with Crippen molar-refractivity contribution in [3.63, 3.8) is 0 Å². The summed E-state index contributed by atoms with van der Waals surface area (Å²) in [5.41, 5.74) is 3.87. The third-order valence-corrected chi connectivity index (χ3v) is 3.89. The van der Waals surface area contributed by atoms with Gasteiger partial charge in [0.05, 0.1) is 0 Å². The highest BCUT2D eigenvalue weighted by atomic mass is 16.5. The van der Waals surface area contributed by atoms with E-state index in [0.29, 0.717) is 13.2 Å². The second kappa shape index (κ2) is 10.0. The van der Waals surface area contributed by atoms with Crippen molar-refractivity contribution in [2.75, 3.05) is 18.6 Å². The van der Waals surface area contributed by atoms with Crippen LogP contribution < -0.4 is 15.6 Å². The fourth-order valence-electron chi connectivity index (χ4n) is 2.41. The maximum absolute atomic E-state index is 12.6. The average Bonchev–Trinajstić information content (AvgIpc) is 2.70. The zero-order valence-electron chi connectivity index (χ0n) is 15.7. The molecule has 0 aliphatic carbocycles. The molecule has 142 valence electrons. The lowest BCUT2D eigenvalue weighted by Crippen LogP contribution is -2.46. The minimum Gasteiger partial charge on any atom is -0.482 e. The van der Waals surface area contributed by atoms with E-state index in [0.717, 1.165) is 5.56 Å². The van der Waals surface area contributed by atoms with Crippen molar-refractivity contribution in [2.45, 2.75) is 20.5 Å². The third-order valence-electron chi connectivity index (χ3n) is 3.89. The van der Waals surface area contributed by atoms with Crippen LogP contribution in [0.15, 0.2) is 72.2 Å². The summed E-state index contributed by atoms with van der Waals surface area (Å²) < 4.78 is 7.20. The molecule has 0 saturated carbocycles. The van der Waals surface area contributed by atoms with E-state index in [1.165, 1.54) is 16.9 Å². The molecular weight excluding hydrogens is 342 g/mol. The average molecular weight is 367 g/mol. The molecule has 0 saturated heterocycles. The quantitative estimate of drug-likeness (QED) is 0.825. The molecule has 1 amide bonds. The number of carbonyl (C=O) groups is 1. The summed E-state index contributed by atoms with van der Waals surface area (Å²) in [7, 11) is 0. The molecule has 6 nitrogen and oxygen atoms in total. The Labute approximate surface area is 159 Å². The first-order valence-corrected chi connectivity index (χ1v) is 8.76. The number of aromatic nitrogens is 1. The van der Waals surface area contributed by atoms with Gasteiger partial charge in [-0.15, -0.1) is 6.58 Å². The fourth-order valence-corrected chi connectivity index (χ4v) is 2.41. The normalized spacial score (nSPS) is 12.7. The predicted molar refractivity (Wildman–Crippen MR) is 107 cm³/mol. The number of hydrogen-bond donors (Lipinski definition) is 1. The fraction of sp³-hybridized carbons (Fsp3) is 0.238. The maximum atomic E-state index is 12.6. The number of nitrogens with one attached hydrogen (secondary N) is 1. The molecule has 0 fully saturated rings. The number of nitrogens with zero attached hydrogens (tertiary/aromatic N) is 2. The monoisotopic (exact) mass is 367 g/mol. The smallest absolute Gasteiger partial charge is 0.278 e. The lowest BCUT2D eigenvalue weighted by Gasteiger charge is -2.31. The molecule has 0 spiro atoms. The zero-order chi connectivity index (χ0) is 19.6. The Bertz CT molecular complexity index is 853. The maximum Gasteiger partial charge on any atom is 0.278 e. The van der Waals surface area contributed by atoms with Crippen molar-refractivity contribution >= 4 is 5.91 Å². The van der Waals surface area contributed by atoms with Crippen LogP contribution in [0.25, 0.3) is 0 Å². The van der Waals surface area contributed by atoms with E-state index in [-0.39, 0.29) is 29.4 Å². The summed E-state index contributed by atoms with van der Waals surface area (Å²) in [5.74, 6) is -0.202. The molecule has 1 aliphatic heterocycles. The number of hydrogen-bond acceptors (Lipinski definition) is 4. The molecule has 2 heterocycles. The minimum atomic E-state index is -0.317. The number of fused-ring (bicyclic) bond motifs is 1. The largest absolute Gasteiger partial charge is 0.482 e. The number of ether oxygens (including phenoxy) is 1. The second-order valence-corrected chi connectivity index (χ2v) is 5.80. The lowest BCUT2D eigenvalue weighted by atomic mass is 10.2. The van der Waals surface area contributed by atoms with E-state index >= 15 is 0 Å². The van der Waals surface area contributed by atoms with E-state index in [4.69, 9.17) is 4.74 Å². The van der Waals surface area contributed by atoms with Crippen molar-refractivity contribution in [3.05, 3.63) is 88.9 Å². The van der Waals surface area contributed by atoms with E-state index in [1.54, 1.807) is 11.0 Å². The number of allylic oxidation sites excluding steroid dienone is 2. The van der Waals surface area contributed by atoms with E-state index in [2.05, 4.69) is 12.0 Å². The van der Waals surface area contributed by atoms with Crippen molar-refractivity contribution in [1.82, 2.24) is 9.58 Å². The number of amides is 1. The van der Waals surface area contributed by atoms with Gasteiger partial charge in [0.1, 0.15) is 13.3 Å². The molecule has 1 aromatic heterocycles. The van der Waals surface area contributed by atoms with Gasteiger partial charge < -0.3 is 15.1 Å². The molecule has 3 rings (SSSR count). The SMILES string of the molecule is C/C=C\C.C=CCN1CNn2ccc(=O)c(OCc3ccccc3)c2C1=O. The highest BCUT2D eigenvalue weighted by Gasteiger charge is 2.28. The third kappa shape index (κ3) is 5.10. The van der Waals surface area contributed by atoms with E-state index in [1.807, 2.05) is 56.3 Å². The van der Waals surface area contributed by atoms with Crippen LogP contribution in [0.3, 0.4) is 0 Å². The minimum absolute atomic E-state index is 0.0580. The molecule has 1 aromatic carbocycles. The zero-order valence-corrected chi connectivity index (χ0v) is 15.7.